The monoisotopic (exact) mass is 252 g/mol. The van der Waals surface area contributed by atoms with Crippen molar-refractivity contribution in [2.75, 3.05) is 7.11 Å². The zero-order valence-corrected chi connectivity index (χ0v) is 9.83. The molecule has 0 aliphatic rings. The standard InChI is InChI=1S/C13H10ClFO2/c1-17-13-7-9(14)3-4-10(13)8-2-5-11(15)12(16)6-8/h2-7,16H,1H3. The molecule has 0 amide bonds. The van der Waals surface area contributed by atoms with E-state index in [0.717, 1.165) is 5.56 Å². The summed E-state index contributed by atoms with van der Waals surface area (Å²) in [5.41, 5.74) is 1.41. The fourth-order valence-electron chi connectivity index (χ4n) is 1.58. The maximum atomic E-state index is 13.0. The molecule has 0 heterocycles. The van der Waals surface area contributed by atoms with E-state index in [1.165, 1.54) is 19.2 Å². The van der Waals surface area contributed by atoms with Crippen molar-refractivity contribution in [2.45, 2.75) is 0 Å². The molecule has 0 bridgehead atoms. The number of benzene rings is 2. The van der Waals surface area contributed by atoms with Crippen molar-refractivity contribution in [1.82, 2.24) is 0 Å². The minimum Gasteiger partial charge on any atom is -0.505 e. The van der Waals surface area contributed by atoms with Crippen LogP contribution in [0, 0.1) is 5.82 Å². The SMILES string of the molecule is COc1cc(Cl)ccc1-c1ccc(F)c(O)c1. The average molecular weight is 253 g/mol. The lowest BCUT2D eigenvalue weighted by Crippen LogP contribution is -1.88. The second-order valence-electron chi connectivity index (χ2n) is 3.51. The van der Waals surface area contributed by atoms with Crippen LogP contribution in [0.4, 0.5) is 4.39 Å². The minimum absolute atomic E-state index is 0.389. The van der Waals surface area contributed by atoms with E-state index in [9.17, 15) is 9.50 Å². The van der Waals surface area contributed by atoms with Crippen LogP contribution < -0.4 is 4.74 Å². The number of phenolic OH excluding ortho intramolecular Hbond substituents is 1. The summed E-state index contributed by atoms with van der Waals surface area (Å²) >= 11 is 5.85. The molecule has 2 rings (SSSR count). The van der Waals surface area contributed by atoms with Gasteiger partial charge in [0.1, 0.15) is 5.75 Å². The summed E-state index contributed by atoms with van der Waals surface area (Å²) in [6.45, 7) is 0. The van der Waals surface area contributed by atoms with Crippen molar-refractivity contribution in [3.05, 3.63) is 47.2 Å². The first-order valence-corrected chi connectivity index (χ1v) is 5.32. The van der Waals surface area contributed by atoms with Gasteiger partial charge in [0.05, 0.1) is 7.11 Å². The lowest BCUT2D eigenvalue weighted by Gasteiger charge is -2.09. The summed E-state index contributed by atoms with van der Waals surface area (Å²) in [5, 5.41) is 9.89. The first-order chi connectivity index (χ1) is 8.11. The van der Waals surface area contributed by atoms with Gasteiger partial charge in [-0.15, -0.1) is 0 Å². The van der Waals surface area contributed by atoms with Crippen LogP contribution in [-0.4, -0.2) is 12.2 Å². The second kappa shape index (κ2) is 4.63. The molecule has 0 fully saturated rings. The number of phenols is 1. The van der Waals surface area contributed by atoms with Crippen LogP contribution in [0.1, 0.15) is 0 Å². The van der Waals surface area contributed by atoms with Crippen molar-refractivity contribution >= 4 is 11.6 Å². The highest BCUT2D eigenvalue weighted by molar-refractivity contribution is 6.30. The molecule has 2 nitrogen and oxygen atoms in total. The summed E-state index contributed by atoms with van der Waals surface area (Å²) in [7, 11) is 1.53. The number of hydrogen-bond acceptors (Lipinski definition) is 2. The van der Waals surface area contributed by atoms with E-state index in [4.69, 9.17) is 16.3 Å². The van der Waals surface area contributed by atoms with E-state index in [1.54, 1.807) is 24.3 Å². The molecule has 2 aromatic rings. The van der Waals surface area contributed by atoms with E-state index in [-0.39, 0.29) is 5.75 Å². The Labute approximate surface area is 103 Å². The Morgan fingerprint density at radius 1 is 1.18 bits per heavy atom. The van der Waals surface area contributed by atoms with Crippen LogP contribution in [-0.2, 0) is 0 Å². The van der Waals surface area contributed by atoms with Crippen LogP contribution in [0.15, 0.2) is 36.4 Å². The third kappa shape index (κ3) is 2.34. The molecule has 88 valence electrons. The maximum absolute atomic E-state index is 13.0. The highest BCUT2D eigenvalue weighted by Gasteiger charge is 2.09. The van der Waals surface area contributed by atoms with Crippen LogP contribution in [0.2, 0.25) is 5.02 Å². The molecule has 4 heteroatoms. The Hall–Kier alpha value is -1.74. The predicted molar refractivity (Wildman–Crippen MR) is 65.1 cm³/mol. The largest absolute Gasteiger partial charge is 0.505 e. The number of ether oxygens (including phenoxy) is 1. The van der Waals surface area contributed by atoms with Crippen LogP contribution in [0.5, 0.6) is 11.5 Å². The highest BCUT2D eigenvalue weighted by atomic mass is 35.5. The van der Waals surface area contributed by atoms with Crippen molar-refractivity contribution in [3.63, 3.8) is 0 Å². The molecule has 17 heavy (non-hydrogen) atoms. The Morgan fingerprint density at radius 2 is 1.94 bits per heavy atom. The third-order valence-corrected chi connectivity index (χ3v) is 2.66. The molecule has 0 aromatic heterocycles. The molecule has 0 atom stereocenters. The molecule has 0 saturated carbocycles. The lowest BCUT2D eigenvalue weighted by molar-refractivity contribution is 0.416. The fraction of sp³-hybridized carbons (Fsp3) is 0.0769. The maximum Gasteiger partial charge on any atom is 0.164 e. The molecule has 0 spiro atoms. The predicted octanol–water partition coefficient (Wildman–Crippen LogP) is 3.86. The Morgan fingerprint density at radius 3 is 2.59 bits per heavy atom. The van der Waals surface area contributed by atoms with Crippen molar-refractivity contribution in [1.29, 1.82) is 0 Å². The van der Waals surface area contributed by atoms with Gasteiger partial charge in [0, 0.05) is 10.6 Å². The molecule has 0 aliphatic carbocycles. The Balaban J connectivity index is 2.55. The van der Waals surface area contributed by atoms with Gasteiger partial charge in [0.2, 0.25) is 0 Å². The fourth-order valence-corrected chi connectivity index (χ4v) is 1.75. The summed E-state index contributed by atoms with van der Waals surface area (Å²) in [6, 6.07) is 9.26. The van der Waals surface area contributed by atoms with Crippen LogP contribution in [0.25, 0.3) is 11.1 Å². The molecule has 0 radical (unpaired) electrons. The molecule has 2 aromatic carbocycles. The van der Waals surface area contributed by atoms with E-state index < -0.39 is 5.82 Å². The molecular formula is C13H10ClFO2. The van der Waals surface area contributed by atoms with Crippen molar-refractivity contribution in [2.24, 2.45) is 0 Å². The van der Waals surface area contributed by atoms with E-state index >= 15 is 0 Å². The molecule has 0 unspecified atom stereocenters. The summed E-state index contributed by atoms with van der Waals surface area (Å²) in [6.07, 6.45) is 0. The molecule has 1 N–H and O–H groups in total. The second-order valence-corrected chi connectivity index (χ2v) is 3.95. The number of methoxy groups -OCH3 is 1. The van der Waals surface area contributed by atoms with Gasteiger partial charge in [-0.3, -0.25) is 0 Å². The smallest absolute Gasteiger partial charge is 0.164 e. The van der Waals surface area contributed by atoms with Crippen LogP contribution >= 0.6 is 11.6 Å². The van der Waals surface area contributed by atoms with Gasteiger partial charge in [0.25, 0.3) is 0 Å². The zero-order chi connectivity index (χ0) is 12.4. The number of halogens is 2. The first-order valence-electron chi connectivity index (χ1n) is 4.94. The van der Waals surface area contributed by atoms with Gasteiger partial charge in [0.15, 0.2) is 11.6 Å². The average Bonchev–Trinajstić information content (AvgIpc) is 2.32. The van der Waals surface area contributed by atoms with Gasteiger partial charge < -0.3 is 9.84 Å². The zero-order valence-electron chi connectivity index (χ0n) is 9.08. The molecule has 0 saturated heterocycles. The third-order valence-electron chi connectivity index (χ3n) is 2.42. The lowest BCUT2D eigenvalue weighted by atomic mass is 10.0. The number of aromatic hydroxyl groups is 1. The van der Waals surface area contributed by atoms with Gasteiger partial charge in [-0.05, 0) is 35.9 Å². The minimum atomic E-state index is -0.651. The van der Waals surface area contributed by atoms with Gasteiger partial charge in [-0.25, -0.2) is 4.39 Å². The van der Waals surface area contributed by atoms with E-state index in [1.807, 2.05) is 0 Å². The Kier molecular flexibility index (Phi) is 3.20. The van der Waals surface area contributed by atoms with Gasteiger partial charge >= 0.3 is 0 Å². The normalized spacial score (nSPS) is 10.3. The van der Waals surface area contributed by atoms with Crippen LogP contribution in [0.3, 0.4) is 0 Å². The van der Waals surface area contributed by atoms with E-state index in [2.05, 4.69) is 0 Å². The van der Waals surface area contributed by atoms with Crippen molar-refractivity contribution in [3.8, 4) is 22.6 Å². The summed E-state index contributed by atoms with van der Waals surface area (Å²) in [5.74, 6) is -0.468. The summed E-state index contributed by atoms with van der Waals surface area (Å²) in [4.78, 5) is 0. The summed E-state index contributed by atoms with van der Waals surface area (Å²) < 4.78 is 18.1. The van der Waals surface area contributed by atoms with Crippen molar-refractivity contribution < 1.29 is 14.2 Å². The molecular weight excluding hydrogens is 243 g/mol. The number of hydrogen-bond donors (Lipinski definition) is 1. The highest BCUT2D eigenvalue weighted by Crippen LogP contribution is 2.34. The Bertz CT molecular complexity index is 555. The topological polar surface area (TPSA) is 29.5 Å². The first kappa shape index (κ1) is 11.7. The molecule has 0 aliphatic heterocycles. The number of rotatable bonds is 2. The van der Waals surface area contributed by atoms with Gasteiger partial charge in [-0.2, -0.15) is 0 Å². The van der Waals surface area contributed by atoms with Gasteiger partial charge in [-0.1, -0.05) is 17.7 Å². The quantitative estimate of drug-likeness (QED) is 0.879. The van der Waals surface area contributed by atoms with E-state index in [0.29, 0.717) is 16.3 Å².